The molecule has 102 valence electrons. The maximum absolute atomic E-state index is 5.49. The second-order valence-electron chi connectivity index (χ2n) is 4.51. The number of nitrogens with zero attached hydrogens (tertiary/aromatic N) is 1. The molecule has 1 aromatic carbocycles. The summed E-state index contributed by atoms with van der Waals surface area (Å²) in [4.78, 5) is 4.42. The van der Waals surface area contributed by atoms with Crippen LogP contribution in [0, 0.1) is 0 Å². The van der Waals surface area contributed by atoms with Crippen LogP contribution in [0.3, 0.4) is 0 Å². The molecule has 0 spiro atoms. The molecular formula is C16H22N2O. The molecule has 1 aromatic heterocycles. The molecule has 1 atom stereocenters. The minimum atomic E-state index is 0.324. The Balaban J connectivity index is 2.27. The molecule has 1 unspecified atom stereocenters. The minimum Gasteiger partial charge on any atom is -0.382 e. The van der Waals surface area contributed by atoms with Crippen molar-refractivity contribution < 1.29 is 4.74 Å². The largest absolute Gasteiger partial charge is 0.382 e. The highest BCUT2D eigenvalue weighted by molar-refractivity contribution is 5.82. The fourth-order valence-electron chi connectivity index (χ4n) is 2.39. The highest BCUT2D eigenvalue weighted by Gasteiger charge is 2.13. The molecule has 0 aliphatic carbocycles. The maximum Gasteiger partial charge on any atom is 0.0705 e. The van der Waals surface area contributed by atoms with E-state index in [1.165, 1.54) is 10.9 Å². The van der Waals surface area contributed by atoms with Gasteiger partial charge in [0.25, 0.3) is 0 Å². The van der Waals surface area contributed by atoms with Crippen molar-refractivity contribution >= 4 is 10.9 Å². The van der Waals surface area contributed by atoms with E-state index in [-0.39, 0.29) is 0 Å². The van der Waals surface area contributed by atoms with E-state index in [0.29, 0.717) is 6.04 Å². The Morgan fingerprint density at radius 2 is 2.11 bits per heavy atom. The van der Waals surface area contributed by atoms with Crippen LogP contribution in [-0.4, -0.2) is 24.7 Å². The lowest BCUT2D eigenvalue weighted by Crippen LogP contribution is -2.22. The molecule has 2 rings (SSSR count). The summed E-state index contributed by atoms with van der Waals surface area (Å²) in [5, 5.41) is 4.77. The zero-order valence-electron chi connectivity index (χ0n) is 11.7. The van der Waals surface area contributed by atoms with Crippen molar-refractivity contribution in [2.75, 3.05) is 19.8 Å². The fourth-order valence-corrected chi connectivity index (χ4v) is 2.39. The molecule has 1 heterocycles. The van der Waals surface area contributed by atoms with Gasteiger partial charge in [0.15, 0.2) is 0 Å². The number of hydrogen-bond acceptors (Lipinski definition) is 3. The first kappa shape index (κ1) is 14.0. The SMILES string of the molecule is CCNC(CCOCC)c1cccc2ncccc12. The topological polar surface area (TPSA) is 34.1 Å². The molecule has 0 saturated heterocycles. The van der Waals surface area contributed by atoms with Crippen molar-refractivity contribution in [1.29, 1.82) is 0 Å². The van der Waals surface area contributed by atoms with Gasteiger partial charge in [0.2, 0.25) is 0 Å². The van der Waals surface area contributed by atoms with Crippen molar-refractivity contribution in [3.63, 3.8) is 0 Å². The van der Waals surface area contributed by atoms with Gasteiger partial charge in [-0.3, -0.25) is 4.98 Å². The second kappa shape index (κ2) is 7.22. The van der Waals surface area contributed by atoms with Crippen LogP contribution in [0.25, 0.3) is 10.9 Å². The number of aromatic nitrogens is 1. The Morgan fingerprint density at radius 1 is 1.21 bits per heavy atom. The van der Waals surface area contributed by atoms with Gasteiger partial charge in [-0.15, -0.1) is 0 Å². The van der Waals surface area contributed by atoms with Crippen LogP contribution in [0.1, 0.15) is 31.9 Å². The lowest BCUT2D eigenvalue weighted by Gasteiger charge is -2.20. The van der Waals surface area contributed by atoms with Crippen molar-refractivity contribution in [3.05, 3.63) is 42.1 Å². The second-order valence-corrected chi connectivity index (χ2v) is 4.51. The van der Waals surface area contributed by atoms with Crippen molar-refractivity contribution in [2.45, 2.75) is 26.3 Å². The summed E-state index contributed by atoms with van der Waals surface area (Å²) < 4.78 is 5.49. The van der Waals surface area contributed by atoms with Crippen LogP contribution in [-0.2, 0) is 4.74 Å². The summed E-state index contributed by atoms with van der Waals surface area (Å²) in [6.45, 7) is 6.68. The van der Waals surface area contributed by atoms with E-state index in [1.807, 2.05) is 19.2 Å². The first-order valence-corrected chi connectivity index (χ1v) is 7.01. The number of pyridine rings is 1. The van der Waals surface area contributed by atoms with Gasteiger partial charge in [0.05, 0.1) is 5.52 Å². The van der Waals surface area contributed by atoms with Crippen molar-refractivity contribution in [3.8, 4) is 0 Å². The highest BCUT2D eigenvalue weighted by atomic mass is 16.5. The lowest BCUT2D eigenvalue weighted by molar-refractivity contribution is 0.136. The van der Waals surface area contributed by atoms with Crippen LogP contribution in [0.5, 0.6) is 0 Å². The summed E-state index contributed by atoms with van der Waals surface area (Å²) in [5.41, 5.74) is 2.37. The summed E-state index contributed by atoms with van der Waals surface area (Å²) in [6.07, 6.45) is 2.82. The molecule has 0 bridgehead atoms. The predicted octanol–water partition coefficient (Wildman–Crippen LogP) is 3.31. The standard InChI is InChI=1S/C16H22N2O/c1-3-17-16(10-12-19-4-2)13-7-5-9-15-14(13)8-6-11-18-15/h5-9,11,16-17H,3-4,10,12H2,1-2H3. The maximum atomic E-state index is 5.49. The number of ether oxygens (including phenoxy) is 1. The number of hydrogen-bond donors (Lipinski definition) is 1. The van der Waals surface area contributed by atoms with E-state index < -0.39 is 0 Å². The van der Waals surface area contributed by atoms with Crippen LogP contribution in [0.2, 0.25) is 0 Å². The van der Waals surface area contributed by atoms with E-state index >= 15 is 0 Å². The third-order valence-electron chi connectivity index (χ3n) is 3.26. The third kappa shape index (κ3) is 3.52. The molecule has 2 aromatic rings. The van der Waals surface area contributed by atoms with Crippen LogP contribution in [0.4, 0.5) is 0 Å². The van der Waals surface area contributed by atoms with E-state index in [1.54, 1.807) is 0 Å². The molecule has 0 saturated carbocycles. The van der Waals surface area contributed by atoms with Gasteiger partial charge in [0, 0.05) is 30.8 Å². The van der Waals surface area contributed by atoms with E-state index in [0.717, 1.165) is 31.7 Å². The Labute approximate surface area is 115 Å². The molecular weight excluding hydrogens is 236 g/mol. The van der Waals surface area contributed by atoms with Crippen LogP contribution >= 0.6 is 0 Å². The average molecular weight is 258 g/mol. The number of rotatable bonds is 7. The monoisotopic (exact) mass is 258 g/mol. The quantitative estimate of drug-likeness (QED) is 0.774. The third-order valence-corrected chi connectivity index (χ3v) is 3.26. The Bertz CT molecular complexity index is 508. The Morgan fingerprint density at radius 3 is 2.89 bits per heavy atom. The number of fused-ring (bicyclic) bond motifs is 1. The molecule has 3 nitrogen and oxygen atoms in total. The summed E-state index contributed by atoms with van der Waals surface area (Å²) in [6, 6.07) is 10.8. The van der Waals surface area contributed by atoms with Gasteiger partial charge < -0.3 is 10.1 Å². The van der Waals surface area contributed by atoms with Crippen LogP contribution < -0.4 is 5.32 Å². The predicted molar refractivity (Wildman–Crippen MR) is 79.3 cm³/mol. The lowest BCUT2D eigenvalue weighted by atomic mass is 9.99. The van der Waals surface area contributed by atoms with Crippen molar-refractivity contribution in [2.24, 2.45) is 0 Å². The Kier molecular flexibility index (Phi) is 5.31. The fraction of sp³-hybridized carbons (Fsp3) is 0.438. The molecule has 0 aliphatic rings. The van der Waals surface area contributed by atoms with Gasteiger partial charge in [-0.25, -0.2) is 0 Å². The number of nitrogens with one attached hydrogen (secondary N) is 1. The summed E-state index contributed by atoms with van der Waals surface area (Å²) >= 11 is 0. The normalized spacial score (nSPS) is 12.7. The number of benzene rings is 1. The van der Waals surface area contributed by atoms with Gasteiger partial charge in [-0.2, -0.15) is 0 Å². The molecule has 3 heteroatoms. The van der Waals surface area contributed by atoms with Crippen LogP contribution in [0.15, 0.2) is 36.5 Å². The zero-order valence-corrected chi connectivity index (χ0v) is 11.7. The minimum absolute atomic E-state index is 0.324. The summed E-state index contributed by atoms with van der Waals surface area (Å²) in [7, 11) is 0. The van der Waals surface area contributed by atoms with E-state index in [9.17, 15) is 0 Å². The molecule has 0 aliphatic heterocycles. The molecule has 1 N–H and O–H groups in total. The molecule has 0 amide bonds. The van der Waals surface area contributed by atoms with Gasteiger partial charge in [-0.1, -0.05) is 25.1 Å². The zero-order chi connectivity index (χ0) is 13.5. The van der Waals surface area contributed by atoms with E-state index in [4.69, 9.17) is 4.74 Å². The van der Waals surface area contributed by atoms with Crippen molar-refractivity contribution in [1.82, 2.24) is 10.3 Å². The van der Waals surface area contributed by atoms with Gasteiger partial charge >= 0.3 is 0 Å². The smallest absolute Gasteiger partial charge is 0.0705 e. The Hall–Kier alpha value is -1.45. The first-order chi connectivity index (χ1) is 9.36. The highest BCUT2D eigenvalue weighted by Crippen LogP contribution is 2.25. The average Bonchev–Trinajstić information content (AvgIpc) is 2.46. The van der Waals surface area contributed by atoms with Gasteiger partial charge in [0.1, 0.15) is 0 Å². The molecule has 19 heavy (non-hydrogen) atoms. The van der Waals surface area contributed by atoms with E-state index in [2.05, 4.69) is 41.5 Å². The summed E-state index contributed by atoms with van der Waals surface area (Å²) in [5.74, 6) is 0. The molecule has 0 fully saturated rings. The van der Waals surface area contributed by atoms with Gasteiger partial charge in [-0.05, 0) is 37.6 Å². The molecule has 0 radical (unpaired) electrons. The first-order valence-electron chi connectivity index (χ1n) is 7.01.